The first kappa shape index (κ1) is 11.2. The summed E-state index contributed by atoms with van der Waals surface area (Å²) in [7, 11) is 0. The Morgan fingerprint density at radius 1 is 1.50 bits per heavy atom. The topological polar surface area (TPSA) is 75.7 Å². The summed E-state index contributed by atoms with van der Waals surface area (Å²) in [4.78, 5) is 15.3. The molecule has 1 amide bonds. The molecule has 0 aliphatic carbocycles. The monoisotopic (exact) mass is 298 g/mol. The van der Waals surface area contributed by atoms with Gasteiger partial charge in [-0.3, -0.25) is 4.79 Å². The van der Waals surface area contributed by atoms with Crippen LogP contribution in [0.1, 0.15) is 5.56 Å². The number of thioether (sulfide) groups is 1. The fourth-order valence-corrected chi connectivity index (χ4v) is 2.26. The molecule has 1 heterocycles. The average Bonchev–Trinajstić information content (AvgIpc) is 2.51. The Balaban J connectivity index is 2.37. The van der Waals surface area contributed by atoms with Crippen LogP contribution in [0.4, 0.5) is 0 Å². The number of halogens is 1. The second kappa shape index (κ2) is 4.31. The maximum atomic E-state index is 11.3. The van der Waals surface area contributed by atoms with E-state index in [4.69, 9.17) is 5.73 Å². The van der Waals surface area contributed by atoms with E-state index in [-0.39, 0.29) is 16.8 Å². The van der Waals surface area contributed by atoms with Crippen molar-refractivity contribution in [2.24, 2.45) is 10.7 Å². The van der Waals surface area contributed by atoms with Gasteiger partial charge >= 0.3 is 0 Å². The van der Waals surface area contributed by atoms with Gasteiger partial charge in [-0.2, -0.15) is 4.99 Å². The van der Waals surface area contributed by atoms with Crippen LogP contribution in [-0.4, -0.2) is 16.2 Å². The van der Waals surface area contributed by atoms with E-state index in [0.29, 0.717) is 10.5 Å². The third kappa shape index (κ3) is 2.28. The van der Waals surface area contributed by atoms with Gasteiger partial charge in [-0.1, -0.05) is 15.9 Å². The molecule has 1 aromatic carbocycles. The number of hydrogen-bond acceptors (Lipinski definition) is 4. The summed E-state index contributed by atoms with van der Waals surface area (Å²) in [6, 6.07) is 4.97. The molecule has 82 valence electrons. The normalized spacial score (nSPS) is 17.9. The number of amidine groups is 1. The first-order valence-corrected chi connectivity index (χ1v) is 5.94. The van der Waals surface area contributed by atoms with Gasteiger partial charge < -0.3 is 10.8 Å². The predicted octanol–water partition coefficient (Wildman–Crippen LogP) is 2.08. The van der Waals surface area contributed by atoms with Gasteiger partial charge in [-0.15, -0.1) is 0 Å². The number of aromatic hydroxyl groups is 1. The van der Waals surface area contributed by atoms with Gasteiger partial charge in [0.1, 0.15) is 5.75 Å². The zero-order valence-corrected chi connectivity index (χ0v) is 10.4. The van der Waals surface area contributed by atoms with E-state index in [0.717, 1.165) is 16.2 Å². The second-order valence-electron chi connectivity index (χ2n) is 3.07. The van der Waals surface area contributed by atoms with Crippen LogP contribution >= 0.6 is 27.7 Å². The number of amides is 1. The molecule has 0 fully saturated rings. The molecular weight excluding hydrogens is 292 g/mol. The number of phenolic OH excluding ortho intramolecular Hbond substituents is 1. The first-order chi connectivity index (χ1) is 7.56. The van der Waals surface area contributed by atoms with E-state index < -0.39 is 0 Å². The van der Waals surface area contributed by atoms with Crippen molar-refractivity contribution < 1.29 is 9.90 Å². The zero-order chi connectivity index (χ0) is 11.7. The van der Waals surface area contributed by atoms with E-state index in [9.17, 15) is 9.90 Å². The van der Waals surface area contributed by atoms with Crippen LogP contribution in [0.25, 0.3) is 6.08 Å². The smallest absolute Gasteiger partial charge is 0.286 e. The number of nitrogens with two attached hydrogens (primary N) is 1. The third-order valence-electron chi connectivity index (χ3n) is 1.91. The van der Waals surface area contributed by atoms with Crippen LogP contribution in [0.5, 0.6) is 5.75 Å². The summed E-state index contributed by atoms with van der Waals surface area (Å²) in [6.45, 7) is 0. The third-order valence-corrected chi connectivity index (χ3v) is 3.22. The van der Waals surface area contributed by atoms with Crippen LogP contribution in [-0.2, 0) is 4.79 Å². The van der Waals surface area contributed by atoms with Gasteiger partial charge in [-0.05, 0) is 36.0 Å². The lowest BCUT2D eigenvalue weighted by Gasteiger charge is -2.00. The van der Waals surface area contributed by atoms with Crippen LogP contribution in [0.2, 0.25) is 0 Å². The van der Waals surface area contributed by atoms with Crippen molar-refractivity contribution in [2.75, 3.05) is 0 Å². The molecule has 1 aromatic rings. The maximum Gasteiger partial charge on any atom is 0.286 e. The molecule has 0 saturated heterocycles. The average molecular weight is 299 g/mol. The molecule has 0 unspecified atom stereocenters. The SMILES string of the molecule is NC1=NC(=O)C(=Cc2cc(Br)ccc2O)S1. The Hall–Kier alpha value is -1.27. The standard InChI is InChI=1S/C10H7BrN2O2S/c11-6-1-2-7(14)5(3-6)4-8-9(15)13-10(12)16-8/h1-4,14H,(H2,12,13,15). The molecule has 0 atom stereocenters. The molecule has 2 rings (SSSR count). The van der Waals surface area contributed by atoms with Crippen molar-refractivity contribution in [3.63, 3.8) is 0 Å². The van der Waals surface area contributed by atoms with Crippen LogP contribution < -0.4 is 5.73 Å². The summed E-state index contributed by atoms with van der Waals surface area (Å²) in [6.07, 6.45) is 1.57. The van der Waals surface area contributed by atoms with Crippen molar-refractivity contribution in [1.29, 1.82) is 0 Å². The highest BCUT2D eigenvalue weighted by molar-refractivity contribution is 9.10. The van der Waals surface area contributed by atoms with Crippen LogP contribution in [0.3, 0.4) is 0 Å². The number of nitrogens with zero attached hydrogens (tertiary/aromatic N) is 1. The minimum atomic E-state index is -0.373. The fraction of sp³-hybridized carbons (Fsp3) is 0. The molecule has 1 aliphatic rings. The number of phenols is 1. The Morgan fingerprint density at radius 2 is 2.25 bits per heavy atom. The molecule has 0 radical (unpaired) electrons. The minimum Gasteiger partial charge on any atom is -0.507 e. The van der Waals surface area contributed by atoms with E-state index in [1.165, 1.54) is 0 Å². The second-order valence-corrected chi connectivity index (χ2v) is 5.05. The Kier molecular flexibility index (Phi) is 3.02. The summed E-state index contributed by atoms with van der Waals surface area (Å²) >= 11 is 4.38. The number of carbonyl (C=O) groups excluding carboxylic acids is 1. The van der Waals surface area contributed by atoms with E-state index in [1.807, 2.05) is 0 Å². The molecule has 0 aromatic heterocycles. The molecule has 1 aliphatic heterocycles. The quantitative estimate of drug-likeness (QED) is 0.779. The molecule has 0 saturated carbocycles. The lowest BCUT2D eigenvalue weighted by atomic mass is 10.2. The van der Waals surface area contributed by atoms with Gasteiger partial charge in [0.25, 0.3) is 5.91 Å². The van der Waals surface area contributed by atoms with Crippen molar-refractivity contribution in [1.82, 2.24) is 0 Å². The van der Waals surface area contributed by atoms with Gasteiger partial charge in [0, 0.05) is 10.0 Å². The number of rotatable bonds is 1. The van der Waals surface area contributed by atoms with Crippen molar-refractivity contribution in [3.05, 3.63) is 33.1 Å². The summed E-state index contributed by atoms with van der Waals surface area (Å²) in [5, 5.41) is 9.82. The molecular formula is C10H7BrN2O2S. The summed E-state index contributed by atoms with van der Waals surface area (Å²) < 4.78 is 0.821. The highest BCUT2D eigenvalue weighted by atomic mass is 79.9. The fourth-order valence-electron chi connectivity index (χ4n) is 1.21. The molecule has 16 heavy (non-hydrogen) atoms. The minimum absolute atomic E-state index is 0.106. The number of benzene rings is 1. The van der Waals surface area contributed by atoms with Crippen LogP contribution in [0.15, 0.2) is 32.6 Å². The lowest BCUT2D eigenvalue weighted by Crippen LogP contribution is -2.01. The zero-order valence-electron chi connectivity index (χ0n) is 7.98. The van der Waals surface area contributed by atoms with E-state index in [2.05, 4.69) is 20.9 Å². The lowest BCUT2D eigenvalue weighted by molar-refractivity contribution is -0.113. The first-order valence-electron chi connectivity index (χ1n) is 4.33. The van der Waals surface area contributed by atoms with Crippen LogP contribution in [0, 0.1) is 0 Å². The van der Waals surface area contributed by atoms with Crippen molar-refractivity contribution in [2.45, 2.75) is 0 Å². The van der Waals surface area contributed by atoms with Crippen molar-refractivity contribution in [3.8, 4) is 5.75 Å². The number of hydrogen-bond donors (Lipinski definition) is 2. The van der Waals surface area contributed by atoms with Crippen molar-refractivity contribution >= 4 is 44.8 Å². The molecule has 4 nitrogen and oxygen atoms in total. The molecule has 6 heteroatoms. The van der Waals surface area contributed by atoms with E-state index >= 15 is 0 Å². The predicted molar refractivity (Wildman–Crippen MR) is 68.0 cm³/mol. The molecule has 0 bridgehead atoms. The number of carbonyl (C=O) groups is 1. The Morgan fingerprint density at radius 3 is 2.88 bits per heavy atom. The summed E-state index contributed by atoms with van der Waals surface area (Å²) in [5.74, 6) is -0.267. The maximum absolute atomic E-state index is 11.3. The van der Waals surface area contributed by atoms with Gasteiger partial charge in [-0.25, -0.2) is 0 Å². The molecule has 3 N–H and O–H groups in total. The highest BCUT2D eigenvalue weighted by Gasteiger charge is 2.19. The summed E-state index contributed by atoms with van der Waals surface area (Å²) in [5.41, 5.74) is 5.97. The van der Waals surface area contributed by atoms with Gasteiger partial charge in [0.2, 0.25) is 0 Å². The highest BCUT2D eigenvalue weighted by Crippen LogP contribution is 2.30. The number of aliphatic imine (C=N–C) groups is 1. The largest absolute Gasteiger partial charge is 0.507 e. The Labute approximate surface area is 104 Å². The van der Waals surface area contributed by atoms with E-state index in [1.54, 1.807) is 24.3 Å². The van der Waals surface area contributed by atoms with Gasteiger partial charge in [0.05, 0.1) is 4.91 Å². The Bertz CT molecular complexity index is 526. The molecule has 0 spiro atoms. The van der Waals surface area contributed by atoms with Gasteiger partial charge in [0.15, 0.2) is 5.17 Å².